The monoisotopic (exact) mass is 550 g/mol. The number of hydrogen-bond acceptors (Lipinski definition) is 5. The summed E-state index contributed by atoms with van der Waals surface area (Å²) in [5, 5.41) is 14.8. The highest BCUT2D eigenvalue weighted by Gasteiger charge is 2.38. The molecule has 0 radical (unpaired) electrons. The number of allylic oxidation sites excluding steroid dienone is 1. The Hall–Kier alpha value is -4.74. The molecule has 1 atom stereocenters. The zero-order valence-electron chi connectivity index (χ0n) is 21.0. The third-order valence-electron chi connectivity index (χ3n) is 6.88. The van der Waals surface area contributed by atoms with Crippen molar-refractivity contribution in [3.8, 4) is 0 Å². The molecule has 2 aromatic heterocycles. The molecule has 2 aliphatic rings. The Balaban J connectivity index is 1.41. The number of carbonyl (C=O) groups is 2. The van der Waals surface area contributed by atoms with E-state index in [1.54, 1.807) is 43.6 Å². The van der Waals surface area contributed by atoms with E-state index >= 15 is 0 Å². The van der Waals surface area contributed by atoms with E-state index in [1.165, 1.54) is 10.7 Å². The first-order chi connectivity index (χ1) is 19.1. The molecule has 1 fully saturated rings. The molecule has 0 saturated heterocycles. The molecule has 3 N–H and O–H groups in total. The summed E-state index contributed by atoms with van der Waals surface area (Å²) in [4.78, 5) is 30.5. The van der Waals surface area contributed by atoms with Crippen LogP contribution in [0.5, 0.6) is 0 Å². The van der Waals surface area contributed by atoms with Gasteiger partial charge in [-0.05, 0) is 61.0 Å². The molecule has 12 heteroatoms. The van der Waals surface area contributed by atoms with Gasteiger partial charge in [-0.25, -0.2) is 9.07 Å². The fourth-order valence-electron chi connectivity index (χ4n) is 4.76. The standard InChI is InChI=1S/C28H22F4N6O2/c1-14-24(27(40)36-19-4-2-17-13-33-9-8-15(17)10-19)25(16-3-7-20(21(29)11-16)28(30,31)32)38-23(34-14)12-22(37-38)26(39)35-18-5-6-18/h2-4,7-13,18,25,34H,5-6H2,1H3,(H,35,39)(H,36,40). The van der Waals surface area contributed by atoms with Gasteiger partial charge in [-0.3, -0.25) is 14.6 Å². The summed E-state index contributed by atoms with van der Waals surface area (Å²) in [5.41, 5.74) is -0.373. The van der Waals surface area contributed by atoms with Crippen LogP contribution in [0.1, 0.15) is 47.4 Å². The van der Waals surface area contributed by atoms with Crippen molar-refractivity contribution < 1.29 is 27.2 Å². The van der Waals surface area contributed by atoms with E-state index in [0.29, 0.717) is 23.3 Å². The first-order valence-electron chi connectivity index (χ1n) is 12.5. The number of fused-ring (bicyclic) bond motifs is 2. The third-order valence-corrected chi connectivity index (χ3v) is 6.88. The van der Waals surface area contributed by atoms with E-state index in [2.05, 4.69) is 26.0 Å². The molecule has 6 rings (SSSR count). The Morgan fingerprint density at radius 1 is 1.02 bits per heavy atom. The summed E-state index contributed by atoms with van der Waals surface area (Å²) in [6.07, 6.45) is 0.142. The van der Waals surface area contributed by atoms with Gasteiger partial charge in [0.1, 0.15) is 17.7 Å². The number of benzene rings is 2. The number of pyridine rings is 1. The lowest BCUT2D eigenvalue weighted by Crippen LogP contribution is -2.32. The Labute approximate surface area is 225 Å². The Morgan fingerprint density at radius 3 is 2.55 bits per heavy atom. The molecule has 0 bridgehead atoms. The van der Waals surface area contributed by atoms with Crippen molar-refractivity contribution >= 4 is 34.1 Å². The van der Waals surface area contributed by atoms with Crippen molar-refractivity contribution in [3.05, 3.63) is 94.8 Å². The summed E-state index contributed by atoms with van der Waals surface area (Å²) >= 11 is 0. The second kappa shape index (κ2) is 9.47. The summed E-state index contributed by atoms with van der Waals surface area (Å²) < 4.78 is 55.9. The van der Waals surface area contributed by atoms with Gasteiger partial charge in [0.05, 0.1) is 11.1 Å². The fraction of sp³-hybridized carbons (Fsp3) is 0.214. The number of amides is 2. The minimum atomic E-state index is -4.89. The van der Waals surface area contributed by atoms with E-state index < -0.39 is 35.4 Å². The van der Waals surface area contributed by atoms with Crippen molar-refractivity contribution in [1.29, 1.82) is 0 Å². The predicted octanol–water partition coefficient (Wildman–Crippen LogP) is 5.41. The number of hydrogen-bond donors (Lipinski definition) is 3. The van der Waals surface area contributed by atoms with Crippen LogP contribution in [-0.2, 0) is 11.0 Å². The fourth-order valence-corrected chi connectivity index (χ4v) is 4.76. The number of anilines is 2. The van der Waals surface area contributed by atoms with Crippen LogP contribution in [0.2, 0.25) is 0 Å². The molecule has 1 aliphatic carbocycles. The highest BCUT2D eigenvalue weighted by atomic mass is 19.4. The average molecular weight is 551 g/mol. The Morgan fingerprint density at radius 2 is 1.82 bits per heavy atom. The van der Waals surface area contributed by atoms with E-state index in [1.807, 2.05) is 0 Å². The first kappa shape index (κ1) is 25.5. The summed E-state index contributed by atoms with van der Waals surface area (Å²) in [6.45, 7) is 1.62. The zero-order chi connectivity index (χ0) is 28.2. The van der Waals surface area contributed by atoms with E-state index in [0.717, 1.165) is 35.7 Å². The van der Waals surface area contributed by atoms with Gasteiger partial charge in [-0.1, -0.05) is 12.1 Å². The molecular formula is C28H22F4N6O2. The van der Waals surface area contributed by atoms with Gasteiger partial charge in [0, 0.05) is 41.3 Å². The van der Waals surface area contributed by atoms with Crippen LogP contribution in [0.25, 0.3) is 10.8 Å². The van der Waals surface area contributed by atoms with Gasteiger partial charge in [-0.2, -0.15) is 18.3 Å². The number of carbonyl (C=O) groups excluding carboxylic acids is 2. The lowest BCUT2D eigenvalue weighted by molar-refractivity contribution is -0.140. The lowest BCUT2D eigenvalue weighted by atomic mass is 9.93. The number of rotatable bonds is 5. The molecule has 8 nitrogen and oxygen atoms in total. The van der Waals surface area contributed by atoms with Crippen LogP contribution in [0.15, 0.2) is 72.2 Å². The van der Waals surface area contributed by atoms with Crippen LogP contribution in [-0.4, -0.2) is 32.6 Å². The van der Waals surface area contributed by atoms with Crippen molar-refractivity contribution in [1.82, 2.24) is 20.1 Å². The molecule has 2 amide bonds. The Kier molecular flexibility index (Phi) is 6.05. The molecule has 1 aliphatic heterocycles. The van der Waals surface area contributed by atoms with Crippen LogP contribution >= 0.6 is 0 Å². The van der Waals surface area contributed by atoms with E-state index in [-0.39, 0.29) is 22.9 Å². The van der Waals surface area contributed by atoms with Gasteiger partial charge in [0.15, 0.2) is 5.69 Å². The molecule has 1 unspecified atom stereocenters. The summed E-state index contributed by atoms with van der Waals surface area (Å²) in [7, 11) is 0. The molecule has 204 valence electrons. The van der Waals surface area contributed by atoms with Crippen molar-refractivity contribution in [2.45, 2.75) is 38.0 Å². The second-order valence-electron chi connectivity index (χ2n) is 9.80. The smallest absolute Gasteiger partial charge is 0.348 e. The molecule has 0 spiro atoms. The second-order valence-corrected chi connectivity index (χ2v) is 9.80. The normalized spacial score (nSPS) is 16.9. The lowest BCUT2D eigenvalue weighted by Gasteiger charge is -2.30. The van der Waals surface area contributed by atoms with E-state index in [4.69, 9.17) is 0 Å². The van der Waals surface area contributed by atoms with Crippen LogP contribution in [0.4, 0.5) is 29.1 Å². The third kappa shape index (κ3) is 4.76. The topological polar surface area (TPSA) is 101 Å². The summed E-state index contributed by atoms with van der Waals surface area (Å²) in [6, 6.07) is 9.96. The molecule has 3 heterocycles. The number of aromatic nitrogens is 3. The SMILES string of the molecule is CC1=C(C(=O)Nc2ccc3cnccc3c2)C(c2ccc(C(F)(F)F)c(F)c2)n2nc(C(=O)NC3CC3)cc2N1. The largest absolute Gasteiger partial charge is 0.419 e. The Bertz CT molecular complexity index is 1710. The molecule has 4 aromatic rings. The van der Waals surface area contributed by atoms with Gasteiger partial charge in [-0.15, -0.1) is 0 Å². The predicted molar refractivity (Wildman–Crippen MR) is 139 cm³/mol. The quantitative estimate of drug-likeness (QED) is 0.289. The van der Waals surface area contributed by atoms with Crippen molar-refractivity contribution in [3.63, 3.8) is 0 Å². The van der Waals surface area contributed by atoms with Crippen LogP contribution < -0.4 is 16.0 Å². The molecule has 40 heavy (non-hydrogen) atoms. The maximum absolute atomic E-state index is 14.7. The minimum absolute atomic E-state index is 0.0552. The highest BCUT2D eigenvalue weighted by molar-refractivity contribution is 6.07. The first-order valence-corrected chi connectivity index (χ1v) is 12.5. The van der Waals surface area contributed by atoms with Gasteiger partial charge >= 0.3 is 6.18 Å². The minimum Gasteiger partial charge on any atom is -0.348 e. The average Bonchev–Trinajstić information content (AvgIpc) is 3.62. The number of halogens is 4. The van der Waals surface area contributed by atoms with Gasteiger partial charge in [0.2, 0.25) is 0 Å². The van der Waals surface area contributed by atoms with Crippen LogP contribution in [0.3, 0.4) is 0 Å². The molecular weight excluding hydrogens is 528 g/mol. The number of nitrogens with zero attached hydrogens (tertiary/aromatic N) is 3. The molecule has 1 saturated carbocycles. The summed E-state index contributed by atoms with van der Waals surface area (Å²) in [5.74, 6) is -2.14. The molecule has 2 aromatic carbocycles. The zero-order valence-corrected chi connectivity index (χ0v) is 21.0. The number of nitrogens with one attached hydrogen (secondary N) is 3. The maximum atomic E-state index is 14.7. The van der Waals surface area contributed by atoms with Gasteiger partial charge in [0.25, 0.3) is 11.8 Å². The number of alkyl halides is 3. The van der Waals surface area contributed by atoms with Crippen molar-refractivity contribution in [2.75, 3.05) is 10.6 Å². The van der Waals surface area contributed by atoms with Crippen LogP contribution in [0, 0.1) is 5.82 Å². The van der Waals surface area contributed by atoms with Gasteiger partial charge < -0.3 is 16.0 Å². The highest BCUT2D eigenvalue weighted by Crippen LogP contribution is 2.39. The van der Waals surface area contributed by atoms with Crippen molar-refractivity contribution in [2.24, 2.45) is 0 Å². The van der Waals surface area contributed by atoms with E-state index in [9.17, 15) is 27.2 Å². The maximum Gasteiger partial charge on any atom is 0.419 e.